The molecule has 0 atom stereocenters. The van der Waals surface area contributed by atoms with Gasteiger partial charge in [0, 0.05) is 6.08 Å². The first-order valence-electron chi connectivity index (χ1n) is 1.12. The number of carboxylic acid groups (broad SMARTS) is 1. The van der Waals surface area contributed by atoms with Gasteiger partial charge in [0.1, 0.15) is 0 Å². The highest BCUT2D eigenvalue weighted by Crippen LogP contribution is 1.54. The van der Waals surface area contributed by atoms with Crippen molar-refractivity contribution in [3.8, 4) is 0 Å². The molecule has 0 saturated carbocycles. The van der Waals surface area contributed by atoms with E-state index in [2.05, 4.69) is 6.58 Å². The number of aliphatic carboxylic acids is 1. The first-order valence-corrected chi connectivity index (χ1v) is 1.12. The Hall–Kier alpha value is -0.910. The van der Waals surface area contributed by atoms with Gasteiger partial charge < -0.3 is 21.5 Å². The minimum absolute atomic E-state index is 0. The lowest BCUT2D eigenvalue weighted by molar-refractivity contribution is -0.131. The fourth-order valence-corrected chi connectivity index (χ4v) is 0. The molecule has 0 spiro atoms. The van der Waals surface area contributed by atoms with Gasteiger partial charge in [0.15, 0.2) is 0 Å². The van der Waals surface area contributed by atoms with Crippen LogP contribution in [0.5, 0.6) is 0 Å². The maximum absolute atomic E-state index is 9.25. The van der Waals surface area contributed by atoms with Crippen LogP contribution in [-0.2, 0) is 4.79 Å². The predicted octanol–water partition coefficient (Wildman–Crippen LogP) is -2.22. The average molecular weight is 126 g/mol. The third kappa shape index (κ3) is 71.7. The molecule has 7 N–H and O–H groups in total. The van der Waals surface area contributed by atoms with Crippen LogP contribution in [0.15, 0.2) is 12.7 Å². The lowest BCUT2D eigenvalue weighted by Gasteiger charge is -1.64. The third-order valence-electron chi connectivity index (χ3n) is 0.175. The highest BCUT2D eigenvalue weighted by molar-refractivity contribution is 5.78. The minimum Gasteiger partial charge on any atom is -0.478 e. The lowest BCUT2D eigenvalue weighted by atomic mass is 10.7. The summed E-state index contributed by atoms with van der Waals surface area (Å²) in [4.78, 5) is 9.25. The predicted molar refractivity (Wildman–Crippen MR) is 28.7 cm³/mol. The summed E-state index contributed by atoms with van der Waals surface area (Å²) in [7, 11) is 0. The van der Waals surface area contributed by atoms with E-state index in [1.165, 1.54) is 0 Å². The second-order valence-corrected chi connectivity index (χ2v) is 0.542. The Morgan fingerprint density at radius 1 is 1.38 bits per heavy atom. The van der Waals surface area contributed by atoms with E-state index < -0.39 is 5.97 Å². The monoisotopic (exact) mass is 126 g/mol. The number of carboxylic acids is 1. The van der Waals surface area contributed by atoms with Crippen molar-refractivity contribution >= 4 is 5.97 Å². The molecule has 0 aromatic carbocycles. The Morgan fingerprint density at radius 2 is 1.50 bits per heavy atom. The average Bonchev–Trinajstić information content (AvgIpc) is 1.38. The van der Waals surface area contributed by atoms with Crippen molar-refractivity contribution in [2.45, 2.75) is 0 Å². The Kier molecular flexibility index (Phi) is 56.9. The van der Waals surface area contributed by atoms with Gasteiger partial charge in [-0.25, -0.2) is 4.79 Å². The largest absolute Gasteiger partial charge is 0.478 e. The van der Waals surface area contributed by atoms with Gasteiger partial charge in [0.25, 0.3) is 0 Å². The number of rotatable bonds is 1. The zero-order valence-corrected chi connectivity index (χ0v) is 4.14. The summed E-state index contributed by atoms with van der Waals surface area (Å²) in [6.07, 6.45) is 0.833. The molecular weight excluding hydrogens is 116 g/mol. The summed E-state index contributed by atoms with van der Waals surface area (Å²) < 4.78 is 0. The third-order valence-corrected chi connectivity index (χ3v) is 0.175. The van der Waals surface area contributed by atoms with Crippen LogP contribution < -0.4 is 0 Å². The highest BCUT2D eigenvalue weighted by Gasteiger charge is 1.73. The SMILES string of the molecule is C=CC(=O)O.O.O.O. The summed E-state index contributed by atoms with van der Waals surface area (Å²) in [6, 6.07) is 0. The lowest BCUT2D eigenvalue weighted by Crippen LogP contribution is -1.82. The van der Waals surface area contributed by atoms with Crippen LogP contribution in [0, 0.1) is 0 Å². The Labute approximate surface area is 46.2 Å². The molecule has 0 aliphatic carbocycles. The molecule has 0 amide bonds. The standard InChI is InChI=1S/C3H4O2.3H2O/c1-2-3(4)5;;;/h2H,1H2,(H,4,5);3*1H2. The summed E-state index contributed by atoms with van der Waals surface area (Å²) in [5, 5.41) is 7.60. The number of carbonyl (C=O) groups is 1. The zero-order chi connectivity index (χ0) is 4.28. The normalized spacial score (nSPS) is 4.00. The van der Waals surface area contributed by atoms with Crippen molar-refractivity contribution in [1.82, 2.24) is 0 Å². The van der Waals surface area contributed by atoms with Crippen LogP contribution in [0.4, 0.5) is 0 Å². The second kappa shape index (κ2) is 16.5. The van der Waals surface area contributed by atoms with Gasteiger partial charge in [-0.1, -0.05) is 6.58 Å². The van der Waals surface area contributed by atoms with Gasteiger partial charge in [-0.2, -0.15) is 0 Å². The van der Waals surface area contributed by atoms with E-state index in [4.69, 9.17) is 5.11 Å². The van der Waals surface area contributed by atoms with E-state index in [9.17, 15) is 4.79 Å². The Balaban J connectivity index is -0.0000000267. The first-order chi connectivity index (χ1) is 2.27. The molecular formula is C3H10O5. The molecule has 5 nitrogen and oxygen atoms in total. The first kappa shape index (κ1) is 27.5. The molecule has 0 fully saturated rings. The van der Waals surface area contributed by atoms with Crippen LogP contribution in [0.3, 0.4) is 0 Å². The van der Waals surface area contributed by atoms with Crippen LogP contribution in [-0.4, -0.2) is 27.5 Å². The molecule has 0 aliphatic heterocycles. The van der Waals surface area contributed by atoms with E-state index in [-0.39, 0.29) is 16.4 Å². The van der Waals surface area contributed by atoms with E-state index >= 15 is 0 Å². The minimum atomic E-state index is -0.981. The number of hydrogen-bond acceptors (Lipinski definition) is 1. The van der Waals surface area contributed by atoms with E-state index in [0.717, 1.165) is 6.08 Å². The topological polar surface area (TPSA) is 132 Å². The van der Waals surface area contributed by atoms with Crippen molar-refractivity contribution < 1.29 is 26.3 Å². The molecule has 0 heterocycles. The summed E-state index contributed by atoms with van der Waals surface area (Å²) in [5.41, 5.74) is 0. The van der Waals surface area contributed by atoms with Crippen molar-refractivity contribution in [2.75, 3.05) is 0 Å². The van der Waals surface area contributed by atoms with Gasteiger partial charge in [-0.15, -0.1) is 0 Å². The van der Waals surface area contributed by atoms with Crippen LogP contribution in [0.25, 0.3) is 0 Å². The summed E-state index contributed by atoms with van der Waals surface area (Å²) >= 11 is 0. The van der Waals surface area contributed by atoms with Crippen molar-refractivity contribution in [3.05, 3.63) is 12.7 Å². The maximum Gasteiger partial charge on any atom is 0.327 e. The molecule has 5 heteroatoms. The van der Waals surface area contributed by atoms with Crippen LogP contribution >= 0.6 is 0 Å². The van der Waals surface area contributed by atoms with Gasteiger partial charge in [0.2, 0.25) is 0 Å². The highest BCUT2D eigenvalue weighted by atomic mass is 16.4. The fraction of sp³-hybridized carbons (Fsp3) is 0. The van der Waals surface area contributed by atoms with Gasteiger partial charge >= 0.3 is 5.97 Å². The quantitative estimate of drug-likeness (QED) is 0.399. The van der Waals surface area contributed by atoms with Crippen LogP contribution in [0.1, 0.15) is 0 Å². The van der Waals surface area contributed by atoms with E-state index in [1.807, 2.05) is 0 Å². The smallest absolute Gasteiger partial charge is 0.327 e. The molecule has 0 aromatic rings. The Bertz CT molecular complexity index is 58.7. The summed E-state index contributed by atoms with van der Waals surface area (Å²) in [5.74, 6) is -0.981. The molecule has 0 radical (unpaired) electrons. The fourth-order valence-electron chi connectivity index (χ4n) is 0. The van der Waals surface area contributed by atoms with Crippen LogP contribution in [0.2, 0.25) is 0 Å². The zero-order valence-electron chi connectivity index (χ0n) is 4.14. The molecule has 0 rings (SSSR count). The molecule has 0 unspecified atom stereocenters. The molecule has 52 valence electrons. The van der Waals surface area contributed by atoms with E-state index in [0.29, 0.717) is 0 Å². The molecule has 0 bridgehead atoms. The van der Waals surface area contributed by atoms with E-state index in [1.54, 1.807) is 0 Å². The van der Waals surface area contributed by atoms with Crippen molar-refractivity contribution in [2.24, 2.45) is 0 Å². The molecule has 0 aromatic heterocycles. The molecule has 8 heavy (non-hydrogen) atoms. The Morgan fingerprint density at radius 3 is 1.50 bits per heavy atom. The number of hydrogen-bond donors (Lipinski definition) is 1. The van der Waals surface area contributed by atoms with Crippen molar-refractivity contribution in [3.63, 3.8) is 0 Å². The second-order valence-electron chi connectivity index (χ2n) is 0.542. The summed E-state index contributed by atoms with van der Waals surface area (Å²) in [6.45, 7) is 2.96. The maximum atomic E-state index is 9.25. The molecule has 0 aliphatic rings. The molecule has 0 saturated heterocycles. The van der Waals surface area contributed by atoms with Gasteiger partial charge in [0.05, 0.1) is 0 Å². The van der Waals surface area contributed by atoms with Gasteiger partial charge in [-0.05, 0) is 0 Å². The van der Waals surface area contributed by atoms with Gasteiger partial charge in [-0.3, -0.25) is 0 Å². The van der Waals surface area contributed by atoms with Crippen molar-refractivity contribution in [1.29, 1.82) is 0 Å².